The molecule has 66 heavy (non-hydrogen) atoms. The summed E-state index contributed by atoms with van der Waals surface area (Å²) in [6.45, 7) is 12.3. The van der Waals surface area contributed by atoms with E-state index in [9.17, 15) is 23.3 Å². The predicted molar refractivity (Wildman–Crippen MR) is 256 cm³/mol. The number of nitro groups is 1. The highest BCUT2D eigenvalue weighted by molar-refractivity contribution is 7.90. The number of hydrogen-bond donors (Lipinski definition) is 3. The lowest BCUT2D eigenvalue weighted by atomic mass is 9.72. The van der Waals surface area contributed by atoms with Crippen LogP contribution in [-0.4, -0.2) is 108 Å². The molecule has 18 heteroatoms. The molecular formula is C48H57ClN8O8S. The van der Waals surface area contributed by atoms with Crippen LogP contribution in [0.25, 0.3) is 5.57 Å². The van der Waals surface area contributed by atoms with Crippen molar-refractivity contribution < 1.29 is 32.3 Å². The van der Waals surface area contributed by atoms with Gasteiger partial charge in [-0.1, -0.05) is 43.2 Å². The fourth-order valence-corrected chi connectivity index (χ4v) is 10.7. The van der Waals surface area contributed by atoms with Gasteiger partial charge in [0.1, 0.15) is 18.0 Å². The van der Waals surface area contributed by atoms with Gasteiger partial charge in [0.15, 0.2) is 11.6 Å². The summed E-state index contributed by atoms with van der Waals surface area (Å²) in [6.07, 6.45) is 5.42. The molecule has 1 aromatic heterocycles. The summed E-state index contributed by atoms with van der Waals surface area (Å²) in [5.74, 6) is 0.843. The number of carbonyl (C=O) groups is 1. The fraction of sp³-hybridized carbons (Fsp3) is 0.458. The van der Waals surface area contributed by atoms with Crippen molar-refractivity contribution >= 4 is 67.4 Å². The molecule has 0 spiro atoms. The second-order valence-corrected chi connectivity index (χ2v) is 20.6. The van der Waals surface area contributed by atoms with Gasteiger partial charge in [-0.05, 0) is 103 Å². The number of ether oxygens (including phenoxy) is 3. The van der Waals surface area contributed by atoms with Crippen molar-refractivity contribution in [3.8, 4) is 11.6 Å². The van der Waals surface area contributed by atoms with E-state index in [0.717, 1.165) is 81.6 Å². The molecule has 4 aromatic rings. The van der Waals surface area contributed by atoms with Gasteiger partial charge in [-0.25, -0.2) is 13.1 Å². The standard InChI is InChI=1S/C48H57ClN8O8S/c1-48(2)15-12-34(39(29-48)33-4-6-35(49)7-5-33)31-54-18-20-55(21-19-54)36-8-10-38(41(26-36)56-17-3-22-65-47-43(56)28-44-45(52-47)50-16-25-64-44)46(58)53-66(61,62)37-9-11-40(42(27-37)57(59)60)51-30-32-13-23-63-24-14-32/h4-11,26-28,32,51H,3,12-25,29-31H2,1-2H3,(H,50,52)(H,53,58). The highest BCUT2D eigenvalue weighted by atomic mass is 35.5. The maximum absolute atomic E-state index is 14.4. The lowest BCUT2D eigenvalue weighted by Crippen LogP contribution is -2.47. The number of rotatable bonds is 12. The predicted octanol–water partition coefficient (Wildman–Crippen LogP) is 8.11. The van der Waals surface area contributed by atoms with Crippen LogP contribution < -0.4 is 34.6 Å². The number of halogens is 1. The Balaban J connectivity index is 0.989. The number of sulfonamides is 1. The number of carbonyl (C=O) groups excluding carboxylic acids is 1. The van der Waals surface area contributed by atoms with Crippen LogP contribution in [0.3, 0.4) is 0 Å². The summed E-state index contributed by atoms with van der Waals surface area (Å²) in [5, 5.41) is 19.3. The Bertz CT molecular complexity index is 2610. The van der Waals surface area contributed by atoms with E-state index in [1.807, 2.05) is 35.2 Å². The van der Waals surface area contributed by atoms with Crippen LogP contribution in [0, 0.1) is 21.4 Å². The third-order valence-electron chi connectivity index (χ3n) is 13.3. The van der Waals surface area contributed by atoms with Gasteiger partial charge in [-0.15, -0.1) is 0 Å². The zero-order valence-corrected chi connectivity index (χ0v) is 39.0. The summed E-state index contributed by atoms with van der Waals surface area (Å²) in [6, 6.07) is 19.1. The van der Waals surface area contributed by atoms with Gasteiger partial charge in [0, 0.05) is 81.9 Å². The van der Waals surface area contributed by atoms with Gasteiger partial charge in [0.25, 0.3) is 21.6 Å². The van der Waals surface area contributed by atoms with Crippen LogP contribution in [0.1, 0.15) is 68.3 Å². The first-order valence-electron chi connectivity index (χ1n) is 22.9. The quantitative estimate of drug-likeness (QED) is 0.0916. The minimum atomic E-state index is -4.58. The summed E-state index contributed by atoms with van der Waals surface area (Å²) >= 11 is 6.27. The lowest BCUT2D eigenvalue weighted by Gasteiger charge is -2.39. The molecule has 5 aliphatic rings. The molecule has 0 atom stereocenters. The molecule has 1 amide bonds. The maximum Gasteiger partial charge on any atom is 0.293 e. The van der Waals surface area contributed by atoms with Crippen LogP contribution in [0.15, 0.2) is 77.2 Å². The fourth-order valence-electron chi connectivity index (χ4n) is 9.55. The summed E-state index contributed by atoms with van der Waals surface area (Å²) < 4.78 is 47.7. The number of allylic oxidation sites excluding steroid dienone is 1. The third-order valence-corrected chi connectivity index (χ3v) is 14.9. The molecule has 0 unspecified atom stereocenters. The Kier molecular flexibility index (Phi) is 13.3. The van der Waals surface area contributed by atoms with Crippen LogP contribution in [0.2, 0.25) is 5.02 Å². The molecular weight excluding hydrogens is 884 g/mol. The van der Waals surface area contributed by atoms with Crippen molar-refractivity contribution in [3.05, 3.63) is 98.6 Å². The molecule has 2 fully saturated rings. The Morgan fingerprint density at radius 3 is 2.52 bits per heavy atom. The molecule has 9 rings (SSSR count). The van der Waals surface area contributed by atoms with Gasteiger partial charge in [-0.3, -0.25) is 19.8 Å². The summed E-state index contributed by atoms with van der Waals surface area (Å²) in [7, 11) is -4.58. The molecule has 350 valence electrons. The first-order chi connectivity index (χ1) is 31.8. The van der Waals surface area contributed by atoms with E-state index in [2.05, 4.69) is 51.1 Å². The second kappa shape index (κ2) is 19.3. The smallest absolute Gasteiger partial charge is 0.293 e. The number of benzene rings is 3. The molecule has 1 aliphatic carbocycles. The summed E-state index contributed by atoms with van der Waals surface area (Å²) in [5.41, 5.74) is 6.14. The number of hydrogen-bond acceptors (Lipinski definition) is 14. The number of anilines is 5. The van der Waals surface area contributed by atoms with Crippen LogP contribution in [0.4, 0.5) is 34.3 Å². The molecule has 3 aromatic carbocycles. The molecule has 0 saturated carbocycles. The van der Waals surface area contributed by atoms with Gasteiger partial charge in [0.2, 0.25) is 5.88 Å². The van der Waals surface area contributed by atoms with Crippen molar-refractivity contribution in [1.29, 1.82) is 0 Å². The van der Waals surface area contributed by atoms with E-state index in [1.54, 1.807) is 6.07 Å². The average molecular weight is 942 g/mol. The zero-order valence-electron chi connectivity index (χ0n) is 37.4. The van der Waals surface area contributed by atoms with Gasteiger partial charge in [-0.2, -0.15) is 4.98 Å². The van der Waals surface area contributed by atoms with Crippen LogP contribution >= 0.6 is 11.6 Å². The zero-order chi connectivity index (χ0) is 46.0. The third kappa shape index (κ3) is 10.2. The number of piperazine rings is 1. The van der Waals surface area contributed by atoms with Crippen molar-refractivity contribution in [3.63, 3.8) is 0 Å². The Morgan fingerprint density at radius 2 is 1.74 bits per heavy atom. The molecule has 0 bridgehead atoms. The number of amides is 1. The molecule has 3 N–H and O–H groups in total. The minimum Gasteiger partial charge on any atom is -0.488 e. The highest BCUT2D eigenvalue weighted by Crippen LogP contribution is 2.45. The second-order valence-electron chi connectivity index (χ2n) is 18.5. The van der Waals surface area contributed by atoms with Crippen LogP contribution in [-0.2, 0) is 14.8 Å². The molecule has 5 heterocycles. The maximum atomic E-state index is 14.4. The number of aromatic nitrogens is 1. The Hall–Kier alpha value is -5.62. The van der Waals surface area contributed by atoms with Crippen molar-refractivity contribution in [2.75, 3.05) is 99.2 Å². The summed E-state index contributed by atoms with van der Waals surface area (Å²) in [4.78, 5) is 37.1. The van der Waals surface area contributed by atoms with Crippen molar-refractivity contribution in [1.82, 2.24) is 14.6 Å². The molecule has 2 saturated heterocycles. The first-order valence-corrected chi connectivity index (χ1v) is 24.7. The van der Waals surface area contributed by atoms with E-state index in [1.165, 1.54) is 28.8 Å². The minimum absolute atomic E-state index is 0.0942. The van der Waals surface area contributed by atoms with E-state index < -0.39 is 31.4 Å². The number of nitrogens with zero attached hydrogens (tertiary/aromatic N) is 5. The molecule has 16 nitrogen and oxygen atoms in total. The normalized spacial score (nSPS) is 19.1. The molecule has 4 aliphatic heterocycles. The van der Waals surface area contributed by atoms with Gasteiger partial charge >= 0.3 is 0 Å². The lowest BCUT2D eigenvalue weighted by molar-refractivity contribution is -0.384. The monoisotopic (exact) mass is 940 g/mol. The van der Waals surface area contributed by atoms with Gasteiger partial charge in [0.05, 0.1) is 34.2 Å². The van der Waals surface area contributed by atoms with E-state index in [4.69, 9.17) is 30.8 Å². The van der Waals surface area contributed by atoms with Crippen molar-refractivity contribution in [2.45, 2.75) is 57.3 Å². The first kappa shape index (κ1) is 45.5. The van der Waals surface area contributed by atoms with E-state index in [0.29, 0.717) is 81.3 Å². The SMILES string of the molecule is CC1(C)CCC(CN2CCN(c3ccc(C(=O)NS(=O)(=O)c4ccc(NCC5CCOCC5)c([N+](=O)[O-])c4)c(N4CCCOc5nc6c(cc54)OCCN6)c3)CC2)=C(c2ccc(Cl)cc2)C1. The van der Waals surface area contributed by atoms with E-state index >= 15 is 0 Å². The topological polar surface area (TPSA) is 181 Å². The largest absolute Gasteiger partial charge is 0.488 e. The number of pyridine rings is 1. The van der Waals surface area contributed by atoms with Gasteiger partial charge < -0.3 is 34.6 Å². The highest BCUT2D eigenvalue weighted by Gasteiger charge is 2.33. The van der Waals surface area contributed by atoms with E-state index in [-0.39, 0.29) is 22.6 Å². The Morgan fingerprint density at radius 1 is 0.955 bits per heavy atom. The number of fused-ring (bicyclic) bond motifs is 2. The Labute approximate surface area is 390 Å². The number of nitro benzene ring substituents is 1. The van der Waals surface area contributed by atoms with Crippen molar-refractivity contribution in [2.24, 2.45) is 11.3 Å². The van der Waals surface area contributed by atoms with Crippen LogP contribution in [0.5, 0.6) is 11.6 Å². The average Bonchev–Trinajstić information content (AvgIpc) is 3.53. The molecule has 0 radical (unpaired) electrons. The number of nitrogens with one attached hydrogen (secondary N) is 3.